The lowest BCUT2D eigenvalue weighted by atomic mass is 9.59. The molecule has 0 amide bonds. The number of fused-ring (bicyclic) bond motifs is 1. The van der Waals surface area contributed by atoms with Gasteiger partial charge in [0.1, 0.15) is 0 Å². The van der Waals surface area contributed by atoms with E-state index in [1.54, 1.807) is 0 Å². The Labute approximate surface area is 99.3 Å². The first-order chi connectivity index (χ1) is 8.39. The molecule has 0 atom stereocenters. The molecule has 0 nitrogen and oxygen atoms in total. The number of hydrogen-bond donors (Lipinski definition) is 0. The van der Waals surface area contributed by atoms with Crippen molar-refractivity contribution in [3.05, 3.63) is 35.3 Å². The Balaban J connectivity index is 3.02. The maximum absolute atomic E-state index is 8.23. The molecule has 15 heavy (non-hydrogen) atoms. The molecule has 0 N–H and O–H groups in total. The Morgan fingerprint density at radius 2 is 1.13 bits per heavy atom. The highest BCUT2D eigenvalue weighted by molar-refractivity contribution is 5.48. The van der Waals surface area contributed by atoms with Gasteiger partial charge in [-0.3, -0.25) is 0 Å². The molecule has 0 spiro atoms. The minimum Gasteiger partial charge on any atom is -0.0620 e. The van der Waals surface area contributed by atoms with Crippen molar-refractivity contribution in [1.82, 2.24) is 0 Å². The third-order valence-corrected chi connectivity index (χ3v) is 5.06. The molecule has 0 fully saturated rings. The van der Waals surface area contributed by atoms with Crippen LogP contribution in [0.1, 0.15) is 58.2 Å². The van der Waals surface area contributed by atoms with Gasteiger partial charge < -0.3 is 0 Å². The first kappa shape index (κ1) is 6.73. The number of hydrogen-bond acceptors (Lipinski definition) is 0. The standard InChI is InChI=1S/C15H22/c1-13(2)11-9-7-8-10-12(11)14(3,4)15(13,5)6/h7-10H,1-6H3/i7D,8D,9D,10D. The number of benzene rings is 1. The van der Waals surface area contributed by atoms with Crippen molar-refractivity contribution in [1.29, 1.82) is 0 Å². The molecule has 0 heteroatoms. The molecule has 82 valence electrons. The lowest BCUT2D eigenvalue weighted by Crippen LogP contribution is -2.42. The van der Waals surface area contributed by atoms with E-state index in [4.69, 9.17) is 5.48 Å². The zero-order valence-electron chi connectivity index (χ0n) is 14.5. The van der Waals surface area contributed by atoms with E-state index in [0.29, 0.717) is 0 Å². The van der Waals surface area contributed by atoms with E-state index in [1.165, 1.54) is 0 Å². The summed E-state index contributed by atoms with van der Waals surface area (Å²) in [4.78, 5) is 0. The molecule has 0 saturated heterocycles. The molecule has 0 aliphatic heterocycles. The van der Waals surface area contributed by atoms with Crippen LogP contribution in [0.4, 0.5) is 0 Å². The van der Waals surface area contributed by atoms with Crippen LogP contribution in [0.5, 0.6) is 0 Å². The Kier molecular flexibility index (Phi) is 1.19. The Bertz CT molecular complexity index is 519. The van der Waals surface area contributed by atoms with Crippen molar-refractivity contribution in [3.63, 3.8) is 0 Å². The van der Waals surface area contributed by atoms with Crippen LogP contribution in [0.15, 0.2) is 24.2 Å². The Morgan fingerprint density at radius 3 is 1.47 bits per heavy atom. The first-order valence-corrected chi connectivity index (χ1v) is 5.50. The van der Waals surface area contributed by atoms with Crippen LogP contribution in [-0.2, 0) is 10.8 Å². The van der Waals surface area contributed by atoms with E-state index in [2.05, 4.69) is 41.5 Å². The second-order valence-corrected chi connectivity index (χ2v) is 6.12. The summed E-state index contributed by atoms with van der Waals surface area (Å²) in [6.07, 6.45) is 0. The summed E-state index contributed by atoms with van der Waals surface area (Å²) in [5.41, 5.74) is 0.848. The lowest BCUT2D eigenvalue weighted by Gasteiger charge is -2.44. The maximum Gasteiger partial charge on any atom is 0.0626 e. The summed E-state index contributed by atoms with van der Waals surface area (Å²) in [6.45, 7) is 12.6. The second kappa shape index (κ2) is 2.66. The average molecular weight is 206 g/mol. The summed E-state index contributed by atoms with van der Waals surface area (Å²) < 4.78 is 32.3. The molecule has 0 aromatic heterocycles. The zero-order chi connectivity index (χ0) is 15.0. The normalized spacial score (nSPS) is 28.7. The van der Waals surface area contributed by atoms with E-state index in [1.807, 2.05) is 0 Å². The van der Waals surface area contributed by atoms with E-state index >= 15 is 0 Å². The smallest absolute Gasteiger partial charge is 0.0620 e. The van der Waals surface area contributed by atoms with Gasteiger partial charge in [-0.1, -0.05) is 65.7 Å². The van der Waals surface area contributed by atoms with Crippen molar-refractivity contribution in [2.24, 2.45) is 5.41 Å². The van der Waals surface area contributed by atoms with Gasteiger partial charge in [-0.15, -0.1) is 0 Å². The van der Waals surface area contributed by atoms with Gasteiger partial charge in [0, 0.05) is 0 Å². The predicted molar refractivity (Wildman–Crippen MR) is 66.3 cm³/mol. The van der Waals surface area contributed by atoms with Crippen LogP contribution in [0.2, 0.25) is 0 Å². The van der Waals surface area contributed by atoms with E-state index in [9.17, 15) is 0 Å². The molecular weight excluding hydrogens is 180 g/mol. The Hall–Kier alpha value is -0.780. The van der Waals surface area contributed by atoms with E-state index in [-0.39, 0.29) is 40.4 Å². The number of rotatable bonds is 0. The summed E-state index contributed by atoms with van der Waals surface area (Å²) in [6, 6.07) is 0.00921. The molecule has 0 unspecified atom stereocenters. The first-order valence-electron chi connectivity index (χ1n) is 7.50. The van der Waals surface area contributed by atoms with Crippen molar-refractivity contribution in [3.8, 4) is 0 Å². The van der Waals surface area contributed by atoms with Gasteiger partial charge in [-0.2, -0.15) is 0 Å². The molecule has 0 radical (unpaired) electrons. The van der Waals surface area contributed by atoms with Crippen molar-refractivity contribution in [2.45, 2.75) is 52.4 Å². The summed E-state index contributed by atoms with van der Waals surface area (Å²) in [7, 11) is 0. The highest BCUT2D eigenvalue weighted by atomic mass is 14.6. The highest BCUT2D eigenvalue weighted by Crippen LogP contribution is 2.61. The maximum atomic E-state index is 8.23. The lowest BCUT2D eigenvalue weighted by molar-refractivity contribution is 0.125. The van der Waals surface area contributed by atoms with Gasteiger partial charge >= 0.3 is 0 Å². The van der Waals surface area contributed by atoms with Crippen LogP contribution in [0, 0.1) is 5.41 Å². The topological polar surface area (TPSA) is 0 Å². The van der Waals surface area contributed by atoms with E-state index in [0.717, 1.165) is 11.1 Å². The minimum atomic E-state index is -0.289. The molecule has 1 aliphatic rings. The minimum absolute atomic E-state index is 0.120. The highest BCUT2D eigenvalue weighted by Gasteiger charge is 2.56. The Morgan fingerprint density at radius 1 is 0.800 bits per heavy atom. The van der Waals surface area contributed by atoms with Crippen LogP contribution in [0.25, 0.3) is 0 Å². The molecular formula is C15H22. The predicted octanol–water partition coefficient (Wildman–Crippen LogP) is 4.28. The molecule has 1 aromatic rings. The summed E-state index contributed by atoms with van der Waals surface area (Å²) in [5, 5.41) is 0. The third-order valence-electron chi connectivity index (χ3n) is 5.06. The van der Waals surface area contributed by atoms with Crippen LogP contribution in [-0.4, -0.2) is 0 Å². The van der Waals surface area contributed by atoms with Crippen molar-refractivity contribution >= 4 is 0 Å². The fraction of sp³-hybridized carbons (Fsp3) is 0.600. The van der Waals surface area contributed by atoms with Crippen LogP contribution < -0.4 is 0 Å². The molecule has 0 bridgehead atoms. The SMILES string of the molecule is [2H]c1c([2H])c([2H])c2c(c1[2H])C(C)(C)C(C)(C)C2(C)C. The van der Waals surface area contributed by atoms with Gasteiger partial charge in [0.05, 0.1) is 5.48 Å². The summed E-state index contributed by atoms with van der Waals surface area (Å²) in [5.74, 6) is 0. The quantitative estimate of drug-likeness (QED) is 0.594. The van der Waals surface area contributed by atoms with Crippen molar-refractivity contribution < 1.29 is 5.48 Å². The van der Waals surface area contributed by atoms with Crippen molar-refractivity contribution in [2.75, 3.05) is 0 Å². The van der Waals surface area contributed by atoms with Gasteiger partial charge in [0.15, 0.2) is 0 Å². The zero-order valence-corrected chi connectivity index (χ0v) is 10.5. The largest absolute Gasteiger partial charge is 0.0626 e. The molecule has 1 aromatic carbocycles. The fourth-order valence-electron chi connectivity index (χ4n) is 2.66. The van der Waals surface area contributed by atoms with Gasteiger partial charge in [-0.05, 0) is 27.4 Å². The average Bonchev–Trinajstić information content (AvgIpc) is 2.39. The van der Waals surface area contributed by atoms with Gasteiger partial charge in [0.2, 0.25) is 0 Å². The second-order valence-electron chi connectivity index (χ2n) is 6.12. The molecule has 0 saturated carbocycles. The molecule has 1 aliphatic carbocycles. The summed E-state index contributed by atoms with van der Waals surface area (Å²) >= 11 is 0. The van der Waals surface area contributed by atoms with Gasteiger partial charge in [-0.25, -0.2) is 0 Å². The monoisotopic (exact) mass is 206 g/mol. The van der Waals surface area contributed by atoms with Crippen LogP contribution in [0.3, 0.4) is 0 Å². The third kappa shape index (κ3) is 1.03. The molecule has 0 heterocycles. The van der Waals surface area contributed by atoms with Gasteiger partial charge in [0.25, 0.3) is 0 Å². The fourth-order valence-corrected chi connectivity index (χ4v) is 2.66. The van der Waals surface area contributed by atoms with E-state index < -0.39 is 0 Å². The molecule has 2 rings (SSSR count). The van der Waals surface area contributed by atoms with Crippen LogP contribution >= 0.6 is 0 Å².